The van der Waals surface area contributed by atoms with Gasteiger partial charge in [-0.1, -0.05) is 63.5 Å². The second-order valence-corrected chi connectivity index (χ2v) is 18.0. The van der Waals surface area contributed by atoms with E-state index in [1.807, 2.05) is 42.5 Å². The maximum absolute atomic E-state index is 4.84. The average molecular weight is 582 g/mol. The molecule has 0 heterocycles. The zero-order valence-corrected chi connectivity index (χ0v) is 23.2. The van der Waals surface area contributed by atoms with Gasteiger partial charge in [0.1, 0.15) is 0 Å². The number of benzene rings is 2. The molecule has 3 nitrogen and oxygen atoms in total. The van der Waals surface area contributed by atoms with Crippen LogP contribution in [-0.4, -0.2) is 16.5 Å². The van der Waals surface area contributed by atoms with Crippen molar-refractivity contribution in [3.8, 4) is 0 Å². The first kappa shape index (κ1) is 27.0. The topological polar surface area (TPSA) is 40.6 Å². The minimum atomic E-state index is -1.42. The van der Waals surface area contributed by atoms with Gasteiger partial charge in [-0.15, -0.1) is 0 Å². The van der Waals surface area contributed by atoms with E-state index in [0.717, 1.165) is 29.9 Å². The molecule has 0 radical (unpaired) electrons. The van der Waals surface area contributed by atoms with Gasteiger partial charge in [-0.3, -0.25) is 0 Å². The van der Waals surface area contributed by atoms with Gasteiger partial charge >= 0.3 is 59.1 Å². The van der Waals surface area contributed by atoms with E-state index in [2.05, 4.69) is 68.8 Å². The van der Waals surface area contributed by atoms with Crippen LogP contribution in [0.25, 0.3) is 9.96 Å². The quantitative estimate of drug-likeness (QED) is 0.242. The molecule has 0 fully saturated rings. The Balaban J connectivity index is 0.000000502. The van der Waals surface area contributed by atoms with Gasteiger partial charge in [0.2, 0.25) is 0 Å². The third-order valence-corrected chi connectivity index (χ3v) is 5.49. The first-order valence-corrected chi connectivity index (χ1v) is 17.7. The summed E-state index contributed by atoms with van der Waals surface area (Å²) >= 11 is 1.26. The molecule has 0 atom stereocenters. The van der Waals surface area contributed by atoms with Gasteiger partial charge in [-0.2, -0.15) is 11.4 Å². The van der Waals surface area contributed by atoms with Crippen LogP contribution >= 0.6 is 0 Å². The van der Waals surface area contributed by atoms with E-state index in [0.29, 0.717) is 0 Å². The summed E-state index contributed by atoms with van der Waals surface area (Å²) in [5.74, 6) is 0. The minimum absolute atomic E-state index is 0.958. The van der Waals surface area contributed by atoms with Crippen LogP contribution in [0.1, 0.15) is 12.8 Å². The van der Waals surface area contributed by atoms with Gasteiger partial charge in [-0.25, -0.2) is 12.8 Å². The Bertz CT molecular complexity index is 628. The molecule has 6 heteroatoms. The van der Waals surface area contributed by atoms with Crippen LogP contribution in [0.4, 0.5) is 17.1 Å². The summed E-state index contributed by atoms with van der Waals surface area (Å²) in [6.45, 7) is 20.6. The second kappa shape index (κ2) is 14.0. The molecule has 0 spiro atoms. The first-order chi connectivity index (χ1) is 13.0. The molecule has 2 aromatic rings. The number of rotatable bonds is 6. The number of nitrogens with zero attached hydrogens (tertiary/aromatic N) is 3. The maximum atomic E-state index is 4.84. The van der Waals surface area contributed by atoms with E-state index in [1.165, 1.54) is 19.6 Å². The van der Waals surface area contributed by atoms with E-state index in [1.54, 1.807) is 0 Å². The fourth-order valence-corrected chi connectivity index (χ4v) is 4.13. The average Bonchev–Trinajstić information content (AvgIpc) is 2.62. The Labute approximate surface area is 186 Å². The molecule has 0 unspecified atom stereocenters. The molecule has 0 saturated carbocycles. The molecule has 0 aliphatic rings. The zero-order valence-electron chi connectivity index (χ0n) is 18.3. The van der Waals surface area contributed by atoms with Crippen molar-refractivity contribution in [3.05, 3.63) is 78.4 Å². The summed E-state index contributed by atoms with van der Waals surface area (Å²) < 4.78 is 4.05. The fourth-order valence-electron chi connectivity index (χ4n) is 1.86. The number of hydrogen-bond acceptors (Lipinski definition) is 1. The Hall–Kier alpha value is -1.04. The van der Waals surface area contributed by atoms with Crippen molar-refractivity contribution in [2.75, 3.05) is 0 Å². The molecule has 0 saturated heterocycles. The Morgan fingerprint density at radius 2 is 1.07 bits per heavy atom. The van der Waals surface area contributed by atoms with Gasteiger partial charge in [0.15, 0.2) is 0 Å². The van der Waals surface area contributed by atoms with Gasteiger partial charge in [-0.05, 0) is 16.5 Å². The van der Waals surface area contributed by atoms with Crippen LogP contribution in [0.15, 0.2) is 58.1 Å². The first-order valence-electron chi connectivity index (χ1n) is 9.54. The van der Waals surface area contributed by atoms with Crippen molar-refractivity contribution >= 4 is 33.5 Å². The summed E-state index contributed by atoms with van der Waals surface area (Å²) in [6.07, 6.45) is 1.92. The Morgan fingerprint density at radius 3 is 1.32 bits per heavy atom. The van der Waals surface area contributed by atoms with Crippen LogP contribution in [0.5, 0.6) is 0 Å². The van der Waals surface area contributed by atoms with Gasteiger partial charge in [0.25, 0.3) is 0 Å². The van der Waals surface area contributed by atoms with Crippen LogP contribution < -0.4 is 0 Å². The van der Waals surface area contributed by atoms with E-state index >= 15 is 0 Å². The molecule has 156 valence electrons. The summed E-state index contributed by atoms with van der Waals surface area (Å²) in [5, 5.41) is 0. The molecule has 28 heavy (non-hydrogen) atoms. The van der Waals surface area contributed by atoms with Gasteiger partial charge in [0, 0.05) is 0 Å². The second-order valence-electron chi connectivity index (χ2n) is 8.19. The number of hydrogen-bond donors (Lipinski definition) is 0. The van der Waals surface area contributed by atoms with Crippen molar-refractivity contribution in [2.24, 2.45) is 3.50 Å². The van der Waals surface area contributed by atoms with Crippen LogP contribution in [-0.2, 0) is 19.6 Å². The molecule has 2 rings (SSSR count). The standard InChI is InChI=1S/C12H22N2Si2.C6H5N.C4H8.W/c1-15(2,3)13-11-9-7-8-10-12(11)14-16(4,5)6;7-6-4-2-1-3-5-6;1-3-4-2;/h7-10H,1-6H3;1-5H;1-4H2;/q-2;;-2;. The van der Waals surface area contributed by atoms with E-state index in [4.69, 9.17) is 9.96 Å². The molecule has 2 aromatic carbocycles. The third-order valence-electron chi connectivity index (χ3n) is 2.91. The zero-order chi connectivity index (χ0) is 21.6. The molecule has 0 N–H and O–H groups in total. The summed E-state index contributed by atoms with van der Waals surface area (Å²) in [7, 11) is -2.85. The van der Waals surface area contributed by atoms with E-state index in [9.17, 15) is 0 Å². The number of unbranched alkanes of at least 4 members (excludes halogenated alkanes) is 1. The SMILES string of the molecule is C[Si](C)(C)[N-]c1ccccc1[N-][Si](C)(C)C.[CH2-]CC[CH2-].[W]=[N]c1ccccc1. The van der Waals surface area contributed by atoms with E-state index < -0.39 is 16.5 Å². The van der Waals surface area contributed by atoms with Gasteiger partial charge < -0.3 is 23.8 Å². The molecule has 0 aliphatic heterocycles. The van der Waals surface area contributed by atoms with Crippen LogP contribution in [0, 0.1) is 13.8 Å². The van der Waals surface area contributed by atoms with Crippen LogP contribution in [0.3, 0.4) is 0 Å². The summed E-state index contributed by atoms with van der Waals surface area (Å²) in [5.41, 5.74) is 3.22. The summed E-state index contributed by atoms with van der Waals surface area (Å²) in [4.78, 5) is 9.69. The Kier molecular flexibility index (Phi) is 13.5. The monoisotopic (exact) mass is 581 g/mol. The van der Waals surface area contributed by atoms with Crippen molar-refractivity contribution < 1.29 is 19.6 Å². The third kappa shape index (κ3) is 15.0. The molecule has 0 amide bonds. The van der Waals surface area contributed by atoms with Gasteiger partial charge in [0.05, 0.1) is 0 Å². The molecular formula is C22H35N3Si2W-4. The molecule has 0 bridgehead atoms. The normalized spacial score (nSPS) is 10.6. The molecular weight excluding hydrogens is 546 g/mol. The van der Waals surface area contributed by atoms with E-state index in [-0.39, 0.29) is 0 Å². The fraction of sp³-hybridized carbons (Fsp3) is 0.364. The van der Waals surface area contributed by atoms with Crippen molar-refractivity contribution in [3.63, 3.8) is 0 Å². The predicted molar refractivity (Wildman–Crippen MR) is 128 cm³/mol. The Morgan fingerprint density at radius 1 is 0.714 bits per heavy atom. The predicted octanol–water partition coefficient (Wildman–Crippen LogP) is 8.85. The molecule has 0 aliphatic carbocycles. The van der Waals surface area contributed by atoms with Crippen LogP contribution in [0.2, 0.25) is 39.3 Å². The summed E-state index contributed by atoms with van der Waals surface area (Å²) in [6, 6.07) is 18.2. The van der Waals surface area contributed by atoms with Crippen molar-refractivity contribution in [2.45, 2.75) is 52.1 Å². The van der Waals surface area contributed by atoms with Crippen molar-refractivity contribution in [1.29, 1.82) is 0 Å². The van der Waals surface area contributed by atoms with Crippen molar-refractivity contribution in [1.82, 2.24) is 0 Å². The molecule has 0 aromatic heterocycles.